The molecular formula is C11H13O3P. The summed E-state index contributed by atoms with van der Waals surface area (Å²) in [7, 11) is -2.73. The number of rotatable bonds is 4. The van der Waals surface area contributed by atoms with Crippen molar-refractivity contribution in [1.82, 2.24) is 0 Å². The van der Waals surface area contributed by atoms with E-state index in [2.05, 4.69) is 0 Å². The van der Waals surface area contributed by atoms with Crippen molar-refractivity contribution in [3.05, 3.63) is 0 Å². The van der Waals surface area contributed by atoms with E-state index in [1.165, 1.54) is 12.8 Å². The Morgan fingerprint density at radius 2 is 1.47 bits per heavy atom. The highest BCUT2D eigenvalue weighted by Crippen LogP contribution is 3.01. The van der Waals surface area contributed by atoms with Crippen LogP contribution >= 0.6 is 7.60 Å². The largest absolute Gasteiger partial charge is 0.328 e. The van der Waals surface area contributed by atoms with Crippen LogP contribution in [0.3, 0.4) is 0 Å². The van der Waals surface area contributed by atoms with E-state index in [0.29, 0.717) is 23.0 Å². The third kappa shape index (κ3) is 0.577. The molecule has 8 atom stereocenters. The first-order valence-corrected chi connectivity index (χ1v) is 8.05. The molecule has 6 fully saturated rings. The Balaban J connectivity index is 1.18. The van der Waals surface area contributed by atoms with E-state index in [9.17, 15) is 4.57 Å². The highest BCUT2D eigenvalue weighted by atomic mass is 31.2. The molecule has 0 aromatic rings. The molecule has 0 amide bonds. The van der Waals surface area contributed by atoms with Crippen LogP contribution in [0.2, 0.25) is 0 Å². The van der Waals surface area contributed by atoms with Gasteiger partial charge < -0.3 is 9.05 Å². The summed E-state index contributed by atoms with van der Waals surface area (Å²) in [5.74, 6) is 3.50. The van der Waals surface area contributed by atoms with Crippen LogP contribution < -0.4 is 0 Å². The number of hydrogen-bond acceptors (Lipinski definition) is 3. The fourth-order valence-corrected chi connectivity index (χ4v) is 6.03. The Kier molecular flexibility index (Phi) is 0.756. The van der Waals surface area contributed by atoms with Gasteiger partial charge in [-0.1, -0.05) is 0 Å². The molecule has 6 aliphatic carbocycles. The van der Waals surface area contributed by atoms with Gasteiger partial charge in [-0.15, -0.1) is 0 Å². The van der Waals surface area contributed by atoms with E-state index >= 15 is 0 Å². The molecule has 0 aromatic carbocycles. The Morgan fingerprint density at radius 1 is 1.07 bits per heavy atom. The molecule has 0 heterocycles. The SMILES string of the molecule is CP(=O)(OC1C2C3CC312)OC1C2C3CC312. The van der Waals surface area contributed by atoms with Crippen LogP contribution in [0, 0.1) is 34.5 Å². The summed E-state index contributed by atoms with van der Waals surface area (Å²) in [6.07, 6.45) is 3.31. The van der Waals surface area contributed by atoms with Crippen LogP contribution in [0.15, 0.2) is 0 Å². The molecule has 8 unspecified atom stereocenters. The van der Waals surface area contributed by atoms with Gasteiger partial charge in [0.2, 0.25) is 0 Å². The fourth-order valence-electron chi connectivity index (χ4n) is 4.50. The van der Waals surface area contributed by atoms with Gasteiger partial charge >= 0.3 is 7.60 Å². The van der Waals surface area contributed by atoms with E-state index in [0.717, 1.165) is 23.7 Å². The highest BCUT2D eigenvalue weighted by molar-refractivity contribution is 7.53. The van der Waals surface area contributed by atoms with E-state index < -0.39 is 7.60 Å². The molecule has 0 bridgehead atoms. The van der Waals surface area contributed by atoms with Gasteiger partial charge in [-0.2, -0.15) is 0 Å². The number of fused-ring (bicyclic) bond motifs is 2. The van der Waals surface area contributed by atoms with Crippen molar-refractivity contribution in [3.63, 3.8) is 0 Å². The predicted molar refractivity (Wildman–Crippen MR) is 51.3 cm³/mol. The van der Waals surface area contributed by atoms with Crippen LogP contribution in [0.5, 0.6) is 0 Å². The lowest BCUT2D eigenvalue weighted by atomic mass is 10.4. The summed E-state index contributed by atoms with van der Waals surface area (Å²) in [5, 5.41) is 0. The van der Waals surface area contributed by atoms with Crippen molar-refractivity contribution in [2.45, 2.75) is 25.0 Å². The molecule has 0 saturated heterocycles. The summed E-state index contributed by atoms with van der Waals surface area (Å²) >= 11 is 0. The molecule has 4 heteroatoms. The van der Waals surface area contributed by atoms with Gasteiger partial charge in [-0.25, -0.2) is 0 Å². The molecule has 6 saturated carbocycles. The van der Waals surface area contributed by atoms with Gasteiger partial charge in [0.05, 0.1) is 12.2 Å². The Morgan fingerprint density at radius 3 is 1.73 bits per heavy atom. The molecule has 2 spiro atoms. The first kappa shape index (κ1) is 7.47. The third-order valence-corrected chi connectivity index (χ3v) is 7.42. The van der Waals surface area contributed by atoms with Crippen molar-refractivity contribution in [1.29, 1.82) is 0 Å². The molecule has 6 rings (SSSR count). The normalized spacial score (nSPS) is 80.3. The maximum atomic E-state index is 12.1. The zero-order chi connectivity index (χ0) is 9.79. The van der Waals surface area contributed by atoms with Crippen LogP contribution in [-0.4, -0.2) is 18.9 Å². The van der Waals surface area contributed by atoms with Crippen molar-refractivity contribution in [2.75, 3.05) is 6.66 Å². The minimum absolute atomic E-state index is 0.320. The molecule has 0 aromatic heterocycles. The summed E-state index contributed by atoms with van der Waals surface area (Å²) < 4.78 is 23.5. The molecule has 0 aliphatic heterocycles. The zero-order valence-electron chi connectivity index (χ0n) is 8.55. The topological polar surface area (TPSA) is 35.5 Å². The maximum Gasteiger partial charge on any atom is 0.328 e. The van der Waals surface area contributed by atoms with E-state index in [1.54, 1.807) is 6.66 Å². The standard InChI is InChI=1S/C11H13O3P/c1-15(12,13-8-6-4-2-10(4,6)8)14-9-7-5-3-11(5,7)9/h4-9H,2-3H2,1H3. The average molecular weight is 224 g/mol. The highest BCUT2D eigenvalue weighted by Gasteiger charge is 3.01. The van der Waals surface area contributed by atoms with Gasteiger partial charge in [0.15, 0.2) is 0 Å². The summed E-state index contributed by atoms with van der Waals surface area (Å²) in [6.45, 7) is 1.67. The van der Waals surface area contributed by atoms with Crippen LogP contribution in [-0.2, 0) is 13.6 Å². The third-order valence-electron chi connectivity index (χ3n) is 6.20. The predicted octanol–water partition coefficient (Wildman–Crippen LogP) is 1.88. The van der Waals surface area contributed by atoms with Gasteiger partial charge in [0.25, 0.3) is 0 Å². The number of hydrogen-bond donors (Lipinski definition) is 0. The van der Waals surface area contributed by atoms with Crippen LogP contribution in [0.4, 0.5) is 0 Å². The van der Waals surface area contributed by atoms with Gasteiger partial charge in [-0.3, -0.25) is 4.57 Å². The van der Waals surface area contributed by atoms with Crippen molar-refractivity contribution < 1.29 is 13.6 Å². The minimum Gasteiger partial charge on any atom is -0.304 e. The minimum atomic E-state index is -2.73. The fraction of sp³-hybridized carbons (Fsp3) is 1.00. The molecular weight excluding hydrogens is 211 g/mol. The van der Waals surface area contributed by atoms with Gasteiger partial charge in [-0.05, 0) is 36.5 Å². The summed E-state index contributed by atoms with van der Waals surface area (Å²) in [4.78, 5) is 0. The zero-order valence-corrected chi connectivity index (χ0v) is 9.44. The summed E-state index contributed by atoms with van der Waals surface area (Å²) in [6, 6.07) is 0. The second-order valence-corrected chi connectivity index (χ2v) is 8.69. The monoisotopic (exact) mass is 224 g/mol. The Hall–Kier alpha value is 0.150. The van der Waals surface area contributed by atoms with Crippen molar-refractivity contribution >= 4 is 7.60 Å². The molecule has 3 nitrogen and oxygen atoms in total. The van der Waals surface area contributed by atoms with E-state index in [-0.39, 0.29) is 0 Å². The first-order chi connectivity index (χ1) is 7.11. The van der Waals surface area contributed by atoms with Gasteiger partial charge in [0.1, 0.15) is 0 Å². The maximum absolute atomic E-state index is 12.1. The molecule has 0 radical (unpaired) electrons. The second-order valence-electron chi connectivity index (χ2n) is 6.72. The van der Waals surface area contributed by atoms with E-state index in [4.69, 9.17) is 9.05 Å². The molecule has 6 aliphatic rings. The Bertz CT molecular complexity index is 450. The second kappa shape index (κ2) is 1.52. The molecule has 15 heavy (non-hydrogen) atoms. The smallest absolute Gasteiger partial charge is 0.304 e. The average Bonchev–Trinajstić information content (AvgIpc) is 2.91. The van der Waals surface area contributed by atoms with Gasteiger partial charge in [0, 0.05) is 17.5 Å². The van der Waals surface area contributed by atoms with Crippen LogP contribution in [0.1, 0.15) is 12.8 Å². The lowest BCUT2D eigenvalue weighted by Crippen LogP contribution is -2.08. The van der Waals surface area contributed by atoms with E-state index in [1.807, 2.05) is 0 Å². The van der Waals surface area contributed by atoms with Crippen molar-refractivity contribution in [3.8, 4) is 0 Å². The van der Waals surface area contributed by atoms with Crippen LogP contribution in [0.25, 0.3) is 0 Å². The lowest BCUT2D eigenvalue weighted by molar-refractivity contribution is 0.149. The quantitative estimate of drug-likeness (QED) is 0.684. The summed E-state index contributed by atoms with van der Waals surface area (Å²) in [5.41, 5.74) is 1.09. The molecule has 0 N–H and O–H groups in total. The van der Waals surface area contributed by atoms with Crippen molar-refractivity contribution in [2.24, 2.45) is 34.5 Å². The lowest BCUT2D eigenvalue weighted by Gasteiger charge is -2.17. The Labute approximate surface area is 88.0 Å². The molecule has 80 valence electrons. The first-order valence-electron chi connectivity index (χ1n) is 6.06.